The van der Waals surface area contributed by atoms with E-state index in [4.69, 9.17) is 4.74 Å². The molecule has 3 aromatic heterocycles. The van der Waals surface area contributed by atoms with Crippen molar-refractivity contribution < 1.29 is 9.53 Å². The fourth-order valence-electron chi connectivity index (χ4n) is 2.69. The first-order chi connectivity index (χ1) is 12.1. The van der Waals surface area contributed by atoms with Crippen molar-refractivity contribution >= 4 is 23.0 Å². The zero-order chi connectivity index (χ0) is 18.0. The Balaban J connectivity index is 2.44. The van der Waals surface area contributed by atoms with Crippen molar-refractivity contribution in [1.82, 2.24) is 14.4 Å². The second-order valence-corrected chi connectivity index (χ2v) is 5.19. The van der Waals surface area contributed by atoms with Gasteiger partial charge in [0, 0.05) is 13.2 Å². The summed E-state index contributed by atoms with van der Waals surface area (Å²) in [6.45, 7) is 1.87. The lowest BCUT2D eigenvalue weighted by Crippen LogP contribution is -2.26. The Hall–Kier alpha value is -3.60. The second-order valence-electron chi connectivity index (χ2n) is 5.19. The fourth-order valence-corrected chi connectivity index (χ4v) is 2.69. The average Bonchev–Trinajstić information content (AvgIpc) is 3.15. The first kappa shape index (κ1) is 16.3. The second kappa shape index (κ2) is 6.49. The molecule has 8 heteroatoms. The number of aromatic nitrogens is 3. The lowest BCUT2D eigenvalue weighted by Gasteiger charge is -2.22. The summed E-state index contributed by atoms with van der Waals surface area (Å²) in [7, 11) is 1.64. The predicted molar refractivity (Wildman–Crippen MR) is 91.0 cm³/mol. The average molecular weight is 337 g/mol. The van der Waals surface area contributed by atoms with Crippen molar-refractivity contribution in [1.29, 1.82) is 5.26 Å². The molecule has 0 aliphatic rings. The zero-order valence-corrected chi connectivity index (χ0v) is 13.7. The van der Waals surface area contributed by atoms with E-state index in [9.17, 15) is 14.9 Å². The number of hydrogen-bond donors (Lipinski definition) is 1. The first-order valence-corrected chi connectivity index (χ1v) is 7.56. The molecule has 0 unspecified atom stereocenters. The number of nitrogens with zero attached hydrogens (tertiary/aromatic N) is 4. The molecule has 0 aromatic carbocycles. The van der Waals surface area contributed by atoms with Gasteiger partial charge in [0.15, 0.2) is 0 Å². The molecular weight excluding hydrogens is 322 g/mol. The largest absolute Gasteiger partial charge is 0.462 e. The van der Waals surface area contributed by atoms with Crippen LogP contribution in [0.2, 0.25) is 0 Å². The number of esters is 1. The highest BCUT2D eigenvalue weighted by Gasteiger charge is 2.27. The maximum atomic E-state index is 12.7. The lowest BCUT2D eigenvalue weighted by atomic mass is 10.1. The first-order valence-electron chi connectivity index (χ1n) is 7.56. The molecule has 0 saturated heterocycles. The number of nitrogens with one attached hydrogen (secondary N) is 1. The number of nitriles is 1. The van der Waals surface area contributed by atoms with Crippen LogP contribution >= 0.6 is 0 Å². The highest BCUT2D eigenvalue weighted by atomic mass is 16.5. The SMILES string of the molecule is CCOC(=O)c1c(N(C)c2cnc[nH]2)c(C#N)c(=O)n2ccccc12. The molecule has 126 valence electrons. The summed E-state index contributed by atoms with van der Waals surface area (Å²) in [6.07, 6.45) is 4.51. The van der Waals surface area contributed by atoms with Crippen LogP contribution in [0, 0.1) is 11.3 Å². The van der Waals surface area contributed by atoms with Crippen LogP contribution < -0.4 is 10.5 Å². The van der Waals surface area contributed by atoms with Crippen molar-refractivity contribution in [2.45, 2.75) is 6.92 Å². The summed E-state index contributed by atoms with van der Waals surface area (Å²) < 4.78 is 6.44. The predicted octanol–water partition coefficient (Wildman–Crippen LogP) is 1.84. The molecule has 3 rings (SSSR count). The number of ether oxygens (including phenoxy) is 1. The maximum absolute atomic E-state index is 12.7. The van der Waals surface area contributed by atoms with E-state index in [1.54, 1.807) is 37.1 Å². The Morgan fingerprint density at radius 2 is 2.28 bits per heavy atom. The van der Waals surface area contributed by atoms with Crippen molar-refractivity contribution in [2.75, 3.05) is 18.6 Å². The van der Waals surface area contributed by atoms with E-state index in [0.29, 0.717) is 11.3 Å². The smallest absolute Gasteiger partial charge is 0.342 e. The van der Waals surface area contributed by atoms with E-state index in [0.717, 1.165) is 0 Å². The Morgan fingerprint density at radius 3 is 2.92 bits per heavy atom. The summed E-state index contributed by atoms with van der Waals surface area (Å²) >= 11 is 0. The van der Waals surface area contributed by atoms with Gasteiger partial charge in [-0.05, 0) is 19.1 Å². The molecule has 0 atom stereocenters. The number of fused-ring (bicyclic) bond motifs is 1. The molecule has 0 aliphatic carbocycles. The Kier molecular flexibility index (Phi) is 4.22. The van der Waals surface area contributed by atoms with Crippen LogP contribution in [0.5, 0.6) is 0 Å². The number of hydrogen-bond acceptors (Lipinski definition) is 6. The quantitative estimate of drug-likeness (QED) is 0.729. The van der Waals surface area contributed by atoms with Gasteiger partial charge in [0.05, 0.1) is 30.3 Å². The molecule has 0 fully saturated rings. The van der Waals surface area contributed by atoms with E-state index in [2.05, 4.69) is 9.97 Å². The van der Waals surface area contributed by atoms with Crippen LogP contribution in [0.25, 0.3) is 5.52 Å². The third-order valence-corrected chi connectivity index (χ3v) is 3.79. The van der Waals surface area contributed by atoms with Gasteiger partial charge in [-0.3, -0.25) is 9.20 Å². The minimum absolute atomic E-state index is 0.149. The number of carbonyl (C=O) groups excluding carboxylic acids is 1. The van der Waals surface area contributed by atoms with E-state index >= 15 is 0 Å². The molecular formula is C17H15N5O3. The molecule has 0 spiro atoms. The number of imidazole rings is 1. The van der Waals surface area contributed by atoms with E-state index in [1.165, 1.54) is 23.1 Å². The summed E-state index contributed by atoms with van der Waals surface area (Å²) in [5, 5.41) is 9.57. The molecule has 0 radical (unpaired) electrons. The molecule has 0 bridgehead atoms. The van der Waals surface area contributed by atoms with Gasteiger partial charge in [0.1, 0.15) is 23.0 Å². The molecule has 3 heterocycles. The topological polar surface area (TPSA) is 103 Å². The van der Waals surface area contributed by atoms with Gasteiger partial charge in [0.2, 0.25) is 0 Å². The summed E-state index contributed by atoms with van der Waals surface area (Å²) in [5.74, 6) is -0.0780. The Morgan fingerprint density at radius 1 is 1.48 bits per heavy atom. The molecule has 0 aliphatic heterocycles. The number of anilines is 2. The summed E-state index contributed by atoms with van der Waals surface area (Å²) in [4.78, 5) is 33.7. The van der Waals surface area contributed by atoms with Crippen LogP contribution in [0.1, 0.15) is 22.8 Å². The third kappa shape index (κ3) is 2.61. The van der Waals surface area contributed by atoms with E-state index in [-0.39, 0.29) is 23.4 Å². The molecule has 0 amide bonds. The van der Waals surface area contributed by atoms with Gasteiger partial charge in [-0.25, -0.2) is 9.78 Å². The van der Waals surface area contributed by atoms with Gasteiger partial charge < -0.3 is 14.6 Å². The van der Waals surface area contributed by atoms with Crippen LogP contribution in [-0.2, 0) is 4.74 Å². The standard InChI is InChI=1S/C17H15N5O3/c1-3-25-17(24)14-12-6-4-5-7-22(12)16(23)11(8-18)15(14)21(2)13-9-19-10-20-13/h4-7,9-10H,3H2,1-2H3,(H,19,20). The van der Waals surface area contributed by atoms with Crippen molar-refractivity contribution in [3.05, 3.63) is 58.4 Å². The van der Waals surface area contributed by atoms with Crippen LogP contribution in [0.15, 0.2) is 41.7 Å². The van der Waals surface area contributed by atoms with Crippen molar-refractivity contribution in [3.63, 3.8) is 0 Å². The Bertz CT molecular complexity index is 1030. The lowest BCUT2D eigenvalue weighted by molar-refractivity contribution is 0.0529. The number of H-pyrrole nitrogens is 1. The van der Waals surface area contributed by atoms with E-state index < -0.39 is 11.5 Å². The molecule has 25 heavy (non-hydrogen) atoms. The normalized spacial score (nSPS) is 10.4. The summed E-state index contributed by atoms with van der Waals surface area (Å²) in [5.41, 5.74) is 0.0415. The van der Waals surface area contributed by atoms with Gasteiger partial charge >= 0.3 is 5.97 Å². The number of aromatic amines is 1. The fraction of sp³-hybridized carbons (Fsp3) is 0.176. The Labute approximate surface area is 142 Å². The van der Waals surface area contributed by atoms with Gasteiger partial charge in [-0.15, -0.1) is 0 Å². The number of pyridine rings is 2. The van der Waals surface area contributed by atoms with Gasteiger partial charge in [-0.1, -0.05) is 6.07 Å². The number of rotatable bonds is 4. The van der Waals surface area contributed by atoms with Crippen LogP contribution in [-0.4, -0.2) is 34.0 Å². The molecule has 3 aromatic rings. The maximum Gasteiger partial charge on any atom is 0.342 e. The highest BCUT2D eigenvalue weighted by molar-refractivity contribution is 6.04. The minimum atomic E-state index is -0.607. The van der Waals surface area contributed by atoms with Gasteiger partial charge in [-0.2, -0.15) is 5.26 Å². The zero-order valence-electron chi connectivity index (χ0n) is 13.7. The third-order valence-electron chi connectivity index (χ3n) is 3.79. The van der Waals surface area contributed by atoms with Crippen LogP contribution in [0.3, 0.4) is 0 Å². The molecule has 8 nitrogen and oxygen atoms in total. The van der Waals surface area contributed by atoms with Crippen molar-refractivity contribution in [3.8, 4) is 6.07 Å². The molecule has 0 saturated carbocycles. The number of carbonyl (C=O) groups is 1. The van der Waals surface area contributed by atoms with Crippen LogP contribution in [0.4, 0.5) is 11.5 Å². The highest BCUT2D eigenvalue weighted by Crippen LogP contribution is 2.31. The van der Waals surface area contributed by atoms with Gasteiger partial charge in [0.25, 0.3) is 5.56 Å². The monoisotopic (exact) mass is 337 g/mol. The minimum Gasteiger partial charge on any atom is -0.462 e. The van der Waals surface area contributed by atoms with E-state index in [1.807, 2.05) is 6.07 Å². The van der Waals surface area contributed by atoms with Crippen molar-refractivity contribution in [2.24, 2.45) is 0 Å². The molecule has 1 N–H and O–H groups in total. The summed E-state index contributed by atoms with van der Waals surface area (Å²) in [6, 6.07) is 6.92.